The predicted molar refractivity (Wildman–Crippen MR) is 64.5 cm³/mol. The highest BCUT2D eigenvalue weighted by atomic mass is 79.9. The van der Waals surface area contributed by atoms with Crippen molar-refractivity contribution in [3.63, 3.8) is 0 Å². The van der Waals surface area contributed by atoms with Crippen LogP contribution in [0.5, 0.6) is 0 Å². The number of hydrogen-bond acceptors (Lipinski definition) is 2. The van der Waals surface area contributed by atoms with Crippen molar-refractivity contribution in [3.05, 3.63) is 33.1 Å². The molecule has 0 aliphatic heterocycles. The second-order valence-electron chi connectivity index (χ2n) is 2.84. The van der Waals surface area contributed by atoms with Gasteiger partial charge in [0.05, 0.1) is 4.88 Å². The standard InChI is InChI=1S/C10H6BrClOS/c11-6-1-2-7-8(4-12)10(5-13)14-9(7)3-6/h1-3,5H,4H2. The molecule has 4 heteroatoms. The average molecular weight is 290 g/mol. The van der Waals surface area contributed by atoms with Crippen LogP contribution in [0.2, 0.25) is 0 Å². The van der Waals surface area contributed by atoms with Gasteiger partial charge in [-0.1, -0.05) is 22.0 Å². The zero-order chi connectivity index (χ0) is 10.1. The number of thiophene rings is 1. The molecular formula is C10H6BrClOS. The molecule has 0 unspecified atom stereocenters. The summed E-state index contributed by atoms with van der Waals surface area (Å²) in [5.74, 6) is 0.385. The molecule has 2 aromatic rings. The molecule has 0 bridgehead atoms. The Morgan fingerprint density at radius 2 is 2.29 bits per heavy atom. The topological polar surface area (TPSA) is 17.1 Å². The molecule has 0 saturated carbocycles. The van der Waals surface area contributed by atoms with Crippen LogP contribution in [0.15, 0.2) is 22.7 Å². The predicted octanol–water partition coefficient (Wildman–Crippen LogP) is 4.22. The molecular weight excluding hydrogens is 284 g/mol. The van der Waals surface area contributed by atoms with E-state index in [9.17, 15) is 4.79 Å². The molecule has 0 amide bonds. The third kappa shape index (κ3) is 1.60. The molecule has 0 N–H and O–H groups in total. The number of alkyl halides is 1. The van der Waals surface area contributed by atoms with Gasteiger partial charge >= 0.3 is 0 Å². The van der Waals surface area contributed by atoms with Gasteiger partial charge in [-0.15, -0.1) is 22.9 Å². The van der Waals surface area contributed by atoms with Gasteiger partial charge < -0.3 is 0 Å². The van der Waals surface area contributed by atoms with E-state index < -0.39 is 0 Å². The lowest BCUT2D eigenvalue weighted by atomic mass is 10.1. The van der Waals surface area contributed by atoms with Gasteiger partial charge in [-0.05, 0) is 23.1 Å². The third-order valence-electron chi connectivity index (χ3n) is 2.03. The van der Waals surface area contributed by atoms with Crippen LogP contribution in [0.3, 0.4) is 0 Å². The second-order valence-corrected chi connectivity index (χ2v) is 5.10. The Bertz CT molecular complexity index is 492. The Hall–Kier alpha value is -0.380. The number of carbonyl (C=O) groups is 1. The summed E-state index contributed by atoms with van der Waals surface area (Å²) in [7, 11) is 0. The monoisotopic (exact) mass is 288 g/mol. The van der Waals surface area contributed by atoms with Gasteiger partial charge in [0.1, 0.15) is 0 Å². The molecule has 0 fully saturated rings. The Morgan fingerprint density at radius 3 is 2.93 bits per heavy atom. The van der Waals surface area contributed by atoms with E-state index in [-0.39, 0.29) is 0 Å². The maximum Gasteiger partial charge on any atom is 0.160 e. The summed E-state index contributed by atoms with van der Waals surface area (Å²) >= 11 is 10.7. The molecule has 0 aliphatic carbocycles. The molecule has 1 nitrogen and oxygen atoms in total. The van der Waals surface area contributed by atoms with Crippen molar-refractivity contribution in [2.75, 3.05) is 0 Å². The summed E-state index contributed by atoms with van der Waals surface area (Å²) in [4.78, 5) is 11.5. The van der Waals surface area contributed by atoms with E-state index in [0.29, 0.717) is 5.88 Å². The number of fused-ring (bicyclic) bond motifs is 1. The number of carbonyl (C=O) groups excluding carboxylic acids is 1. The van der Waals surface area contributed by atoms with E-state index in [1.54, 1.807) is 0 Å². The minimum atomic E-state index is 0.385. The number of benzene rings is 1. The molecule has 0 spiro atoms. The lowest BCUT2D eigenvalue weighted by Gasteiger charge is -1.94. The minimum absolute atomic E-state index is 0.385. The molecule has 72 valence electrons. The highest BCUT2D eigenvalue weighted by molar-refractivity contribution is 9.10. The first kappa shape index (κ1) is 10.1. The molecule has 1 heterocycles. The van der Waals surface area contributed by atoms with E-state index in [1.165, 1.54) is 11.3 Å². The fraction of sp³-hybridized carbons (Fsp3) is 0.100. The van der Waals surface area contributed by atoms with Crippen molar-refractivity contribution in [1.82, 2.24) is 0 Å². The molecule has 0 radical (unpaired) electrons. The smallest absolute Gasteiger partial charge is 0.160 e. The van der Waals surface area contributed by atoms with Crippen LogP contribution in [0.25, 0.3) is 10.1 Å². The lowest BCUT2D eigenvalue weighted by molar-refractivity contribution is 0.112. The SMILES string of the molecule is O=Cc1sc2cc(Br)ccc2c1CCl. The number of aldehydes is 1. The van der Waals surface area contributed by atoms with Crippen LogP contribution in [0.1, 0.15) is 15.2 Å². The summed E-state index contributed by atoms with van der Waals surface area (Å²) < 4.78 is 2.11. The van der Waals surface area contributed by atoms with Gasteiger partial charge in [-0.25, -0.2) is 0 Å². The normalized spacial score (nSPS) is 10.7. The van der Waals surface area contributed by atoms with Gasteiger partial charge in [0.2, 0.25) is 0 Å². The summed E-state index contributed by atoms with van der Waals surface area (Å²) in [6.07, 6.45) is 0.871. The second kappa shape index (κ2) is 4.01. The average Bonchev–Trinajstić information content (AvgIpc) is 2.54. The third-order valence-corrected chi connectivity index (χ3v) is 3.91. The molecule has 0 atom stereocenters. The highest BCUT2D eigenvalue weighted by Gasteiger charge is 2.10. The van der Waals surface area contributed by atoms with Crippen LogP contribution in [0, 0.1) is 0 Å². The Kier molecular flexibility index (Phi) is 2.91. The Morgan fingerprint density at radius 1 is 1.50 bits per heavy atom. The van der Waals surface area contributed by atoms with Gasteiger partial charge in [-0.2, -0.15) is 0 Å². The van der Waals surface area contributed by atoms with Gasteiger partial charge in [-0.3, -0.25) is 4.79 Å². The minimum Gasteiger partial charge on any atom is -0.297 e. The molecule has 1 aromatic carbocycles. The largest absolute Gasteiger partial charge is 0.297 e. The van der Waals surface area contributed by atoms with E-state index in [1.807, 2.05) is 18.2 Å². The number of hydrogen-bond donors (Lipinski definition) is 0. The maximum absolute atomic E-state index is 10.8. The first-order valence-corrected chi connectivity index (χ1v) is 6.12. The van der Waals surface area contributed by atoms with Crippen LogP contribution in [-0.4, -0.2) is 6.29 Å². The van der Waals surface area contributed by atoms with Gasteiger partial charge in [0.25, 0.3) is 0 Å². The maximum atomic E-state index is 10.8. The summed E-state index contributed by atoms with van der Waals surface area (Å²) in [5.41, 5.74) is 0.939. The first-order chi connectivity index (χ1) is 6.76. The summed E-state index contributed by atoms with van der Waals surface area (Å²) in [5, 5.41) is 1.08. The molecule has 14 heavy (non-hydrogen) atoms. The van der Waals surface area contributed by atoms with E-state index >= 15 is 0 Å². The van der Waals surface area contributed by atoms with Crippen molar-refractivity contribution in [3.8, 4) is 0 Å². The van der Waals surface area contributed by atoms with E-state index in [2.05, 4.69) is 15.9 Å². The summed E-state index contributed by atoms with van der Waals surface area (Å²) in [6, 6.07) is 5.95. The lowest BCUT2D eigenvalue weighted by Crippen LogP contribution is -1.80. The van der Waals surface area contributed by atoms with Crippen molar-refractivity contribution < 1.29 is 4.79 Å². The van der Waals surface area contributed by atoms with Crippen molar-refractivity contribution in [2.24, 2.45) is 0 Å². The quantitative estimate of drug-likeness (QED) is 0.598. The fourth-order valence-corrected chi connectivity index (χ4v) is 3.33. The molecule has 0 saturated heterocycles. The molecule has 2 rings (SSSR count). The zero-order valence-corrected chi connectivity index (χ0v) is 10.2. The molecule has 1 aromatic heterocycles. The van der Waals surface area contributed by atoms with Crippen LogP contribution in [0.4, 0.5) is 0 Å². The Labute approximate surface area is 98.8 Å². The van der Waals surface area contributed by atoms with Crippen molar-refractivity contribution in [2.45, 2.75) is 5.88 Å². The number of rotatable bonds is 2. The van der Waals surface area contributed by atoms with Gasteiger partial charge in [0.15, 0.2) is 6.29 Å². The van der Waals surface area contributed by atoms with Crippen LogP contribution in [-0.2, 0) is 5.88 Å². The van der Waals surface area contributed by atoms with Crippen molar-refractivity contribution in [1.29, 1.82) is 0 Å². The zero-order valence-electron chi connectivity index (χ0n) is 7.09. The summed E-state index contributed by atoms with van der Waals surface area (Å²) in [6.45, 7) is 0. The highest BCUT2D eigenvalue weighted by Crippen LogP contribution is 2.33. The number of halogens is 2. The van der Waals surface area contributed by atoms with Crippen LogP contribution < -0.4 is 0 Å². The van der Waals surface area contributed by atoms with Crippen molar-refractivity contribution >= 4 is 55.2 Å². The fourth-order valence-electron chi connectivity index (χ4n) is 1.38. The van der Waals surface area contributed by atoms with Crippen LogP contribution >= 0.6 is 38.9 Å². The van der Waals surface area contributed by atoms with E-state index in [0.717, 1.165) is 31.3 Å². The van der Waals surface area contributed by atoms with E-state index in [4.69, 9.17) is 11.6 Å². The van der Waals surface area contributed by atoms with Gasteiger partial charge in [0, 0.05) is 15.1 Å². The molecule has 0 aliphatic rings. The first-order valence-electron chi connectivity index (χ1n) is 3.98. The Balaban J connectivity index is 2.79.